The molecule has 2 rings (SSSR count). The quantitative estimate of drug-likeness (QED) is 0.707. The summed E-state index contributed by atoms with van der Waals surface area (Å²) in [6.07, 6.45) is 7.52. The molecule has 86 valence electrons. The van der Waals surface area contributed by atoms with Gasteiger partial charge in [-0.05, 0) is 25.3 Å². The zero-order chi connectivity index (χ0) is 10.7. The fraction of sp³-hybridized carbons (Fsp3) is 0.923. The van der Waals surface area contributed by atoms with Crippen LogP contribution in [0.25, 0.3) is 0 Å². The Bertz CT molecular complexity index is 219. The maximum absolute atomic E-state index is 12.3. The van der Waals surface area contributed by atoms with Crippen LogP contribution in [0.3, 0.4) is 0 Å². The molecule has 1 heterocycles. The molecule has 1 aliphatic carbocycles. The Morgan fingerprint density at radius 1 is 1.07 bits per heavy atom. The zero-order valence-electron chi connectivity index (χ0n) is 9.80. The highest BCUT2D eigenvalue weighted by Crippen LogP contribution is 2.29. The van der Waals surface area contributed by atoms with Crippen LogP contribution in [0.15, 0.2) is 0 Å². The van der Waals surface area contributed by atoms with Crippen LogP contribution >= 0.6 is 0 Å². The van der Waals surface area contributed by atoms with Gasteiger partial charge in [0.1, 0.15) is 5.78 Å². The van der Waals surface area contributed by atoms with Crippen LogP contribution in [0.2, 0.25) is 0 Å². The molecule has 1 saturated carbocycles. The van der Waals surface area contributed by atoms with Crippen LogP contribution in [0, 0.1) is 17.8 Å². The molecule has 1 aliphatic heterocycles. The van der Waals surface area contributed by atoms with Crippen LogP contribution in [-0.4, -0.2) is 18.9 Å². The Kier molecular flexibility index (Phi) is 3.79. The van der Waals surface area contributed by atoms with Gasteiger partial charge in [-0.25, -0.2) is 0 Å². The summed E-state index contributed by atoms with van der Waals surface area (Å²) in [6.45, 7) is 4.17. The molecule has 0 aromatic carbocycles. The van der Waals surface area contributed by atoms with E-state index in [0.29, 0.717) is 23.5 Å². The lowest BCUT2D eigenvalue weighted by atomic mass is 9.83. The largest absolute Gasteiger partial charge is 0.316 e. The van der Waals surface area contributed by atoms with Gasteiger partial charge in [-0.3, -0.25) is 4.79 Å². The SMILES string of the molecule is CC1CNCC1C(=O)C1CCCCCC1. The van der Waals surface area contributed by atoms with Gasteiger partial charge in [-0.2, -0.15) is 0 Å². The second kappa shape index (κ2) is 5.11. The standard InChI is InChI=1S/C13H23NO/c1-10-8-14-9-12(10)13(15)11-6-4-2-3-5-7-11/h10-12,14H,2-9H2,1H3. The van der Waals surface area contributed by atoms with Gasteiger partial charge < -0.3 is 5.32 Å². The van der Waals surface area contributed by atoms with Crippen molar-refractivity contribution in [3.8, 4) is 0 Å². The van der Waals surface area contributed by atoms with Gasteiger partial charge in [0.2, 0.25) is 0 Å². The number of nitrogens with one attached hydrogen (secondary N) is 1. The number of ketones is 1. The molecular formula is C13H23NO. The van der Waals surface area contributed by atoms with Crippen LogP contribution < -0.4 is 5.32 Å². The second-order valence-corrected chi connectivity index (χ2v) is 5.33. The highest BCUT2D eigenvalue weighted by Gasteiger charge is 2.33. The molecule has 0 aromatic rings. The number of hydrogen-bond acceptors (Lipinski definition) is 2. The number of rotatable bonds is 2. The molecule has 2 fully saturated rings. The molecular weight excluding hydrogens is 186 g/mol. The van der Waals surface area contributed by atoms with Crippen molar-refractivity contribution in [1.82, 2.24) is 5.32 Å². The lowest BCUT2D eigenvalue weighted by Gasteiger charge is -2.19. The molecule has 1 saturated heterocycles. The molecule has 0 radical (unpaired) electrons. The smallest absolute Gasteiger partial charge is 0.140 e. The minimum atomic E-state index is 0.313. The van der Waals surface area contributed by atoms with E-state index in [0.717, 1.165) is 25.9 Å². The van der Waals surface area contributed by atoms with Crippen molar-refractivity contribution in [2.24, 2.45) is 17.8 Å². The molecule has 2 atom stereocenters. The minimum Gasteiger partial charge on any atom is -0.316 e. The Morgan fingerprint density at radius 2 is 1.73 bits per heavy atom. The van der Waals surface area contributed by atoms with E-state index in [4.69, 9.17) is 0 Å². The molecule has 0 amide bonds. The predicted octanol–water partition coefficient (Wildman–Crippen LogP) is 2.38. The van der Waals surface area contributed by atoms with E-state index in [-0.39, 0.29) is 0 Å². The topological polar surface area (TPSA) is 29.1 Å². The first kappa shape index (κ1) is 11.1. The molecule has 1 N–H and O–H groups in total. The van der Waals surface area contributed by atoms with Crippen molar-refractivity contribution >= 4 is 5.78 Å². The summed E-state index contributed by atoms with van der Waals surface area (Å²) in [5.41, 5.74) is 0. The van der Waals surface area contributed by atoms with E-state index in [1.54, 1.807) is 0 Å². The first-order valence-electron chi connectivity index (χ1n) is 6.53. The Hall–Kier alpha value is -0.370. The Labute approximate surface area is 92.8 Å². The van der Waals surface area contributed by atoms with E-state index >= 15 is 0 Å². The summed E-state index contributed by atoms with van der Waals surface area (Å²) < 4.78 is 0. The average molecular weight is 209 g/mol. The lowest BCUT2D eigenvalue weighted by Crippen LogP contribution is -2.28. The van der Waals surface area contributed by atoms with Gasteiger partial charge in [0.15, 0.2) is 0 Å². The Balaban J connectivity index is 1.93. The van der Waals surface area contributed by atoms with Crippen LogP contribution in [0.5, 0.6) is 0 Å². The second-order valence-electron chi connectivity index (χ2n) is 5.33. The first-order valence-corrected chi connectivity index (χ1v) is 6.53. The summed E-state index contributed by atoms with van der Waals surface area (Å²) in [6, 6.07) is 0. The highest BCUT2D eigenvalue weighted by atomic mass is 16.1. The normalized spacial score (nSPS) is 33.9. The zero-order valence-corrected chi connectivity index (χ0v) is 9.80. The van der Waals surface area contributed by atoms with Crippen molar-refractivity contribution < 1.29 is 4.79 Å². The van der Waals surface area contributed by atoms with E-state index in [2.05, 4.69) is 12.2 Å². The molecule has 0 bridgehead atoms. The molecule has 0 spiro atoms. The first-order chi connectivity index (χ1) is 7.29. The molecule has 2 nitrogen and oxygen atoms in total. The summed E-state index contributed by atoms with van der Waals surface area (Å²) in [5.74, 6) is 1.82. The number of carbonyl (C=O) groups is 1. The number of carbonyl (C=O) groups excluding carboxylic acids is 1. The fourth-order valence-corrected chi connectivity index (χ4v) is 3.06. The lowest BCUT2D eigenvalue weighted by molar-refractivity contribution is -0.127. The maximum Gasteiger partial charge on any atom is 0.140 e. The van der Waals surface area contributed by atoms with Crippen molar-refractivity contribution in [2.45, 2.75) is 45.4 Å². The third-order valence-electron chi connectivity index (χ3n) is 4.14. The summed E-state index contributed by atoms with van der Waals surface area (Å²) in [7, 11) is 0. The number of hydrogen-bond donors (Lipinski definition) is 1. The van der Waals surface area contributed by atoms with Crippen molar-refractivity contribution in [3.63, 3.8) is 0 Å². The molecule has 15 heavy (non-hydrogen) atoms. The third kappa shape index (κ3) is 2.60. The summed E-state index contributed by atoms with van der Waals surface area (Å²) in [5, 5.41) is 3.34. The third-order valence-corrected chi connectivity index (χ3v) is 4.14. The minimum absolute atomic E-state index is 0.313. The fourth-order valence-electron chi connectivity index (χ4n) is 3.06. The number of Topliss-reactive ketones (excluding diaryl/α,β-unsaturated/α-hetero) is 1. The van der Waals surface area contributed by atoms with E-state index in [1.165, 1.54) is 25.7 Å². The predicted molar refractivity (Wildman–Crippen MR) is 61.7 cm³/mol. The van der Waals surface area contributed by atoms with E-state index in [1.807, 2.05) is 0 Å². The van der Waals surface area contributed by atoms with E-state index in [9.17, 15) is 4.79 Å². The molecule has 2 heteroatoms. The van der Waals surface area contributed by atoms with Crippen molar-refractivity contribution in [1.29, 1.82) is 0 Å². The van der Waals surface area contributed by atoms with E-state index < -0.39 is 0 Å². The molecule has 2 unspecified atom stereocenters. The van der Waals surface area contributed by atoms with Gasteiger partial charge >= 0.3 is 0 Å². The average Bonchev–Trinajstić information content (AvgIpc) is 2.53. The van der Waals surface area contributed by atoms with Gasteiger partial charge in [0.05, 0.1) is 0 Å². The monoisotopic (exact) mass is 209 g/mol. The molecule has 2 aliphatic rings. The Morgan fingerprint density at radius 3 is 2.27 bits per heavy atom. The van der Waals surface area contributed by atoms with Gasteiger partial charge in [0.25, 0.3) is 0 Å². The van der Waals surface area contributed by atoms with Crippen molar-refractivity contribution in [3.05, 3.63) is 0 Å². The van der Waals surface area contributed by atoms with Gasteiger partial charge in [-0.1, -0.05) is 32.6 Å². The van der Waals surface area contributed by atoms with Crippen LogP contribution in [-0.2, 0) is 4.79 Å². The van der Waals surface area contributed by atoms with Gasteiger partial charge in [0, 0.05) is 18.4 Å². The van der Waals surface area contributed by atoms with Crippen LogP contribution in [0.1, 0.15) is 45.4 Å². The maximum atomic E-state index is 12.3. The summed E-state index contributed by atoms with van der Waals surface area (Å²) in [4.78, 5) is 12.3. The highest BCUT2D eigenvalue weighted by molar-refractivity contribution is 5.84. The van der Waals surface area contributed by atoms with Crippen LogP contribution in [0.4, 0.5) is 0 Å². The van der Waals surface area contributed by atoms with Gasteiger partial charge in [-0.15, -0.1) is 0 Å². The summed E-state index contributed by atoms with van der Waals surface area (Å²) >= 11 is 0. The molecule has 0 aromatic heterocycles. The van der Waals surface area contributed by atoms with Crippen molar-refractivity contribution in [2.75, 3.05) is 13.1 Å².